The van der Waals surface area contributed by atoms with Gasteiger partial charge in [-0.05, 0) is 40.5 Å². The highest BCUT2D eigenvalue weighted by molar-refractivity contribution is 5.79. The molecule has 1 aromatic heterocycles. The van der Waals surface area contributed by atoms with Crippen LogP contribution in [0.5, 0.6) is 0 Å². The minimum absolute atomic E-state index is 0.00119. The Labute approximate surface area is 170 Å². The zero-order valence-corrected chi connectivity index (χ0v) is 18.7. The van der Waals surface area contributed by atoms with E-state index in [1.54, 1.807) is 7.05 Å². The van der Waals surface area contributed by atoms with Crippen LogP contribution in [0.1, 0.15) is 71.8 Å². The molecule has 0 bridgehead atoms. The average Bonchev–Trinajstić information content (AvgIpc) is 3.11. The second-order valence-electron chi connectivity index (χ2n) is 8.49. The number of hydrogen-bond acceptors (Lipinski definition) is 5. The van der Waals surface area contributed by atoms with Crippen molar-refractivity contribution in [3.05, 3.63) is 17.5 Å². The van der Waals surface area contributed by atoms with Gasteiger partial charge in [0.1, 0.15) is 0 Å². The van der Waals surface area contributed by atoms with Crippen LogP contribution >= 0.6 is 0 Å². The number of guanidine groups is 1. The molecule has 1 saturated heterocycles. The monoisotopic (exact) mass is 393 g/mol. The quantitative estimate of drug-likeness (QED) is 0.522. The number of aromatic nitrogens is 1. The second kappa shape index (κ2) is 10.3. The van der Waals surface area contributed by atoms with Crippen LogP contribution in [0.2, 0.25) is 0 Å². The number of morpholine rings is 1. The van der Waals surface area contributed by atoms with Crippen molar-refractivity contribution in [3.63, 3.8) is 0 Å². The molecule has 7 nitrogen and oxygen atoms in total. The van der Waals surface area contributed by atoms with Crippen LogP contribution in [0.3, 0.4) is 0 Å². The molecule has 0 saturated carbocycles. The van der Waals surface area contributed by atoms with Gasteiger partial charge >= 0.3 is 0 Å². The van der Waals surface area contributed by atoms with E-state index in [9.17, 15) is 0 Å². The van der Waals surface area contributed by atoms with E-state index in [1.807, 2.05) is 0 Å². The van der Waals surface area contributed by atoms with E-state index in [1.165, 1.54) is 0 Å². The molecule has 1 aliphatic rings. The lowest BCUT2D eigenvalue weighted by molar-refractivity contribution is -0.0946. The van der Waals surface area contributed by atoms with E-state index < -0.39 is 0 Å². The molecule has 0 radical (unpaired) electrons. The molecule has 2 N–H and O–H groups in total. The number of aliphatic imine (C=N–C) groups is 1. The zero-order valence-electron chi connectivity index (χ0n) is 18.7. The Morgan fingerprint density at radius 1 is 1.25 bits per heavy atom. The first-order chi connectivity index (χ1) is 13.3. The fraction of sp³-hybridized carbons (Fsp3) is 0.810. The summed E-state index contributed by atoms with van der Waals surface area (Å²) in [7, 11) is 1.79. The van der Waals surface area contributed by atoms with E-state index in [4.69, 9.17) is 9.26 Å². The number of ether oxygens (including phenoxy) is 1. The maximum atomic E-state index is 5.87. The van der Waals surface area contributed by atoms with Crippen molar-refractivity contribution in [2.24, 2.45) is 4.99 Å². The molecule has 2 atom stereocenters. The Morgan fingerprint density at radius 2 is 1.89 bits per heavy atom. The van der Waals surface area contributed by atoms with Gasteiger partial charge in [-0.1, -0.05) is 19.0 Å². The van der Waals surface area contributed by atoms with Crippen LogP contribution in [0.4, 0.5) is 0 Å². The van der Waals surface area contributed by atoms with Crippen LogP contribution < -0.4 is 10.6 Å². The summed E-state index contributed by atoms with van der Waals surface area (Å²) < 4.78 is 11.4. The summed E-state index contributed by atoms with van der Waals surface area (Å²) in [6.45, 7) is 16.4. The number of nitrogens with one attached hydrogen (secondary N) is 2. The van der Waals surface area contributed by atoms with Crippen LogP contribution in [0.15, 0.2) is 15.6 Å². The molecule has 1 aromatic rings. The van der Waals surface area contributed by atoms with Gasteiger partial charge in [-0.2, -0.15) is 0 Å². The fourth-order valence-electron chi connectivity index (χ4n) is 3.79. The summed E-state index contributed by atoms with van der Waals surface area (Å²) in [5, 5.41) is 11.0. The number of hydrogen-bond donors (Lipinski definition) is 2. The van der Waals surface area contributed by atoms with Crippen molar-refractivity contribution >= 4 is 5.96 Å². The third-order valence-electron chi connectivity index (χ3n) is 5.60. The third-order valence-corrected chi connectivity index (χ3v) is 5.60. The molecular formula is C21H39N5O2. The highest BCUT2D eigenvalue weighted by Crippen LogP contribution is 2.22. The summed E-state index contributed by atoms with van der Waals surface area (Å²) in [6, 6.07) is 2.05. The number of rotatable bonds is 8. The largest absolute Gasteiger partial charge is 0.373 e. The van der Waals surface area contributed by atoms with Gasteiger partial charge in [0.25, 0.3) is 0 Å². The molecule has 0 aliphatic carbocycles. The van der Waals surface area contributed by atoms with Gasteiger partial charge in [0.15, 0.2) is 11.7 Å². The van der Waals surface area contributed by atoms with Crippen molar-refractivity contribution in [2.45, 2.75) is 84.6 Å². The molecular weight excluding hydrogens is 354 g/mol. The lowest BCUT2D eigenvalue weighted by atomic mass is 9.99. The Kier molecular flexibility index (Phi) is 8.31. The van der Waals surface area contributed by atoms with E-state index in [-0.39, 0.29) is 17.7 Å². The average molecular weight is 394 g/mol. The Hall–Kier alpha value is -1.60. The first-order valence-electron chi connectivity index (χ1n) is 10.6. The first kappa shape index (κ1) is 22.7. The van der Waals surface area contributed by atoms with Crippen LogP contribution in [-0.2, 0) is 11.3 Å². The first-order valence-corrected chi connectivity index (χ1v) is 10.6. The van der Waals surface area contributed by atoms with Gasteiger partial charge in [0.05, 0.1) is 24.4 Å². The fourth-order valence-corrected chi connectivity index (χ4v) is 3.79. The molecule has 1 fully saturated rings. The van der Waals surface area contributed by atoms with Crippen LogP contribution in [0, 0.1) is 0 Å². The standard InChI is InChI=1S/C21H39N5O2/c1-8-17(9-2)19-10-18(28-25-19)11-23-20(22-7)24-14-21(5,6)26-12-15(3)27-16(4)13-26/h10,15-17H,8-9,11-14H2,1-7H3,(H2,22,23,24). The van der Waals surface area contributed by atoms with Gasteiger partial charge in [0, 0.05) is 44.2 Å². The topological polar surface area (TPSA) is 74.9 Å². The van der Waals surface area contributed by atoms with Crippen LogP contribution in [-0.4, -0.2) is 60.4 Å². The SMILES string of the molecule is CCC(CC)c1cc(CNC(=NC)NCC(C)(C)N2CC(C)OC(C)C2)on1. The third kappa shape index (κ3) is 6.21. The van der Waals surface area contributed by atoms with E-state index in [0.717, 1.165) is 49.9 Å². The number of nitrogens with zero attached hydrogens (tertiary/aromatic N) is 3. The Morgan fingerprint density at radius 3 is 2.46 bits per heavy atom. The molecule has 0 amide bonds. The van der Waals surface area contributed by atoms with Gasteiger partial charge in [-0.15, -0.1) is 0 Å². The lowest BCUT2D eigenvalue weighted by Crippen LogP contribution is -2.59. The zero-order chi connectivity index (χ0) is 20.7. The van der Waals surface area contributed by atoms with Crippen molar-refractivity contribution in [3.8, 4) is 0 Å². The van der Waals surface area contributed by atoms with E-state index >= 15 is 0 Å². The molecule has 28 heavy (non-hydrogen) atoms. The van der Waals surface area contributed by atoms with Crippen molar-refractivity contribution in [1.29, 1.82) is 0 Å². The molecule has 2 rings (SSSR count). The Bertz CT molecular complexity index is 614. The Balaban J connectivity index is 1.85. The smallest absolute Gasteiger partial charge is 0.191 e. The summed E-state index contributed by atoms with van der Waals surface area (Å²) in [5.74, 6) is 2.07. The molecule has 160 valence electrons. The maximum absolute atomic E-state index is 5.87. The van der Waals surface area contributed by atoms with Crippen LogP contribution in [0.25, 0.3) is 0 Å². The normalized spacial score (nSPS) is 21.9. The summed E-state index contributed by atoms with van der Waals surface area (Å²) in [6.07, 6.45) is 2.67. The highest BCUT2D eigenvalue weighted by Gasteiger charge is 2.33. The van der Waals surface area contributed by atoms with Gasteiger partial charge in [0.2, 0.25) is 0 Å². The predicted molar refractivity (Wildman–Crippen MR) is 114 cm³/mol. The summed E-state index contributed by atoms with van der Waals surface area (Å²) in [5.41, 5.74) is 1.04. The highest BCUT2D eigenvalue weighted by atomic mass is 16.5. The van der Waals surface area contributed by atoms with Crippen molar-refractivity contribution < 1.29 is 9.26 Å². The lowest BCUT2D eigenvalue weighted by Gasteiger charge is -2.45. The summed E-state index contributed by atoms with van der Waals surface area (Å²) in [4.78, 5) is 6.84. The van der Waals surface area contributed by atoms with Crippen molar-refractivity contribution in [2.75, 3.05) is 26.7 Å². The van der Waals surface area contributed by atoms with Gasteiger partial charge in [-0.25, -0.2) is 0 Å². The second-order valence-corrected chi connectivity index (χ2v) is 8.49. The summed E-state index contributed by atoms with van der Waals surface area (Å²) >= 11 is 0. The van der Waals surface area contributed by atoms with E-state index in [2.05, 4.69) is 73.3 Å². The predicted octanol–water partition coefficient (Wildman–Crippen LogP) is 3.13. The van der Waals surface area contributed by atoms with Gasteiger partial charge < -0.3 is 19.9 Å². The minimum atomic E-state index is -0.00119. The minimum Gasteiger partial charge on any atom is -0.373 e. The van der Waals surface area contributed by atoms with Crippen molar-refractivity contribution in [1.82, 2.24) is 20.7 Å². The molecule has 7 heteroatoms. The maximum Gasteiger partial charge on any atom is 0.191 e. The molecule has 0 spiro atoms. The molecule has 0 aromatic carbocycles. The molecule has 1 aliphatic heterocycles. The molecule has 2 heterocycles. The molecule has 2 unspecified atom stereocenters. The van der Waals surface area contributed by atoms with Gasteiger partial charge in [-0.3, -0.25) is 9.89 Å². The van der Waals surface area contributed by atoms with E-state index in [0.29, 0.717) is 12.5 Å².